The summed E-state index contributed by atoms with van der Waals surface area (Å²) < 4.78 is 78.4. The Balaban J connectivity index is 1.84. The van der Waals surface area contributed by atoms with Gasteiger partial charge in [0.15, 0.2) is 29.9 Å². The standard InChI is InChI=1S/C21H15F5N2O4/c1-3-31-14(29)9-32-12-6-4-11(5-7-12)8-13-10(2)27-28(21(13)30)20-18(25)16(23)15(22)17(24)19(20)26/h4-8H,3,9H2,1-2H3/b13-8+. The Morgan fingerprint density at radius 1 is 1.00 bits per heavy atom. The van der Waals surface area contributed by atoms with Crippen LogP contribution < -0.4 is 9.75 Å². The fourth-order valence-electron chi connectivity index (χ4n) is 2.79. The molecule has 2 aromatic rings. The van der Waals surface area contributed by atoms with Crippen molar-refractivity contribution in [3.8, 4) is 5.75 Å². The highest BCUT2D eigenvalue weighted by molar-refractivity contribution is 6.32. The van der Waals surface area contributed by atoms with Gasteiger partial charge in [0.25, 0.3) is 5.91 Å². The van der Waals surface area contributed by atoms with Gasteiger partial charge in [0.2, 0.25) is 5.82 Å². The number of anilines is 1. The summed E-state index contributed by atoms with van der Waals surface area (Å²) in [6, 6.07) is 6.04. The Hall–Kier alpha value is -3.76. The zero-order valence-corrected chi connectivity index (χ0v) is 16.7. The summed E-state index contributed by atoms with van der Waals surface area (Å²) in [4.78, 5) is 23.9. The Morgan fingerprint density at radius 2 is 1.56 bits per heavy atom. The van der Waals surface area contributed by atoms with Crippen molar-refractivity contribution in [2.45, 2.75) is 13.8 Å². The number of benzene rings is 2. The van der Waals surface area contributed by atoms with Gasteiger partial charge in [-0.15, -0.1) is 0 Å². The summed E-state index contributed by atoms with van der Waals surface area (Å²) >= 11 is 0. The maximum atomic E-state index is 14.1. The number of carbonyl (C=O) groups excluding carboxylic acids is 2. The van der Waals surface area contributed by atoms with E-state index in [2.05, 4.69) is 5.10 Å². The highest BCUT2D eigenvalue weighted by Gasteiger charge is 2.36. The van der Waals surface area contributed by atoms with E-state index >= 15 is 0 Å². The van der Waals surface area contributed by atoms with Crippen molar-refractivity contribution in [1.29, 1.82) is 0 Å². The fraction of sp³-hybridized carbons (Fsp3) is 0.190. The van der Waals surface area contributed by atoms with Gasteiger partial charge in [-0.05, 0) is 37.6 Å². The molecule has 6 nitrogen and oxygen atoms in total. The van der Waals surface area contributed by atoms with E-state index in [9.17, 15) is 31.5 Å². The molecule has 2 aromatic carbocycles. The van der Waals surface area contributed by atoms with E-state index in [1.54, 1.807) is 6.92 Å². The summed E-state index contributed by atoms with van der Waals surface area (Å²) in [6.07, 6.45) is 1.32. The quantitative estimate of drug-likeness (QED) is 0.217. The van der Waals surface area contributed by atoms with Gasteiger partial charge in [0.05, 0.1) is 17.9 Å². The maximum Gasteiger partial charge on any atom is 0.344 e. The summed E-state index contributed by atoms with van der Waals surface area (Å²) in [6.45, 7) is 2.91. The largest absolute Gasteiger partial charge is 0.482 e. The molecule has 0 saturated carbocycles. The van der Waals surface area contributed by atoms with Crippen LogP contribution in [0.2, 0.25) is 0 Å². The molecule has 0 bridgehead atoms. The SMILES string of the molecule is CCOC(=O)COc1ccc(/C=C2/C(=O)N(c3c(F)c(F)c(F)c(F)c3F)N=C2C)cc1. The first-order valence-corrected chi connectivity index (χ1v) is 9.17. The van der Waals surface area contributed by atoms with Crippen molar-refractivity contribution < 1.29 is 41.0 Å². The molecule has 0 unspecified atom stereocenters. The number of halogens is 5. The number of rotatable bonds is 6. The molecule has 0 saturated heterocycles. The molecule has 0 atom stereocenters. The van der Waals surface area contributed by atoms with E-state index < -0.39 is 46.6 Å². The highest BCUT2D eigenvalue weighted by Crippen LogP contribution is 2.34. The lowest BCUT2D eigenvalue weighted by atomic mass is 10.1. The molecule has 0 aromatic heterocycles. The van der Waals surface area contributed by atoms with E-state index in [4.69, 9.17) is 9.47 Å². The molecule has 1 aliphatic rings. The van der Waals surface area contributed by atoms with Gasteiger partial charge in [-0.25, -0.2) is 26.7 Å². The lowest BCUT2D eigenvalue weighted by Gasteiger charge is -2.15. The van der Waals surface area contributed by atoms with Crippen LogP contribution in [0.15, 0.2) is 34.9 Å². The Bertz CT molecular complexity index is 1120. The van der Waals surface area contributed by atoms with Gasteiger partial charge in [-0.3, -0.25) is 4.79 Å². The number of hydrogen-bond acceptors (Lipinski definition) is 5. The molecule has 32 heavy (non-hydrogen) atoms. The van der Waals surface area contributed by atoms with E-state index in [-0.39, 0.29) is 29.5 Å². The van der Waals surface area contributed by atoms with Crippen molar-refractivity contribution in [1.82, 2.24) is 0 Å². The first kappa shape index (κ1) is 22.9. The first-order valence-electron chi connectivity index (χ1n) is 9.17. The van der Waals surface area contributed by atoms with E-state index in [0.29, 0.717) is 11.3 Å². The number of hydrogen-bond donors (Lipinski definition) is 0. The third-order valence-electron chi connectivity index (χ3n) is 4.31. The van der Waals surface area contributed by atoms with Crippen LogP contribution >= 0.6 is 0 Å². The monoisotopic (exact) mass is 454 g/mol. The van der Waals surface area contributed by atoms with Crippen LogP contribution in [0.5, 0.6) is 5.75 Å². The normalized spacial score (nSPS) is 14.7. The van der Waals surface area contributed by atoms with Crippen LogP contribution in [0.4, 0.5) is 27.6 Å². The van der Waals surface area contributed by atoms with Crippen molar-refractivity contribution in [3.05, 3.63) is 64.5 Å². The van der Waals surface area contributed by atoms with Crippen LogP contribution in [0, 0.1) is 29.1 Å². The molecule has 0 N–H and O–H groups in total. The van der Waals surface area contributed by atoms with Gasteiger partial charge in [0.1, 0.15) is 11.4 Å². The minimum absolute atomic E-state index is 0.00146. The van der Waals surface area contributed by atoms with Crippen molar-refractivity contribution in [2.75, 3.05) is 18.2 Å². The minimum atomic E-state index is -2.34. The molecule has 11 heteroatoms. The Labute approximate surface area is 178 Å². The van der Waals surface area contributed by atoms with Crippen LogP contribution in [0.3, 0.4) is 0 Å². The lowest BCUT2D eigenvalue weighted by molar-refractivity contribution is -0.145. The zero-order chi connectivity index (χ0) is 23.6. The van der Waals surface area contributed by atoms with Gasteiger partial charge < -0.3 is 9.47 Å². The van der Waals surface area contributed by atoms with Crippen LogP contribution in [0.1, 0.15) is 19.4 Å². The highest BCUT2D eigenvalue weighted by atomic mass is 19.2. The van der Waals surface area contributed by atoms with Gasteiger partial charge in [0, 0.05) is 0 Å². The fourth-order valence-corrected chi connectivity index (χ4v) is 2.79. The third-order valence-corrected chi connectivity index (χ3v) is 4.31. The number of carbonyl (C=O) groups is 2. The van der Waals surface area contributed by atoms with Crippen molar-refractivity contribution in [3.63, 3.8) is 0 Å². The number of esters is 1. The van der Waals surface area contributed by atoms with E-state index in [1.165, 1.54) is 37.3 Å². The molecular formula is C21H15F5N2O4. The first-order chi connectivity index (χ1) is 15.1. The van der Waals surface area contributed by atoms with Crippen LogP contribution in [0.25, 0.3) is 6.08 Å². The van der Waals surface area contributed by atoms with Crippen molar-refractivity contribution >= 4 is 29.4 Å². The molecule has 1 heterocycles. The van der Waals surface area contributed by atoms with E-state index in [1.807, 2.05) is 0 Å². The molecule has 1 aliphatic heterocycles. The topological polar surface area (TPSA) is 68.2 Å². The summed E-state index contributed by atoms with van der Waals surface area (Å²) in [7, 11) is 0. The molecule has 3 rings (SSSR count). The van der Waals surface area contributed by atoms with Gasteiger partial charge >= 0.3 is 5.97 Å². The molecule has 0 radical (unpaired) electrons. The average molecular weight is 454 g/mol. The predicted octanol–water partition coefficient (Wildman–Crippen LogP) is 4.13. The minimum Gasteiger partial charge on any atom is -0.482 e. The summed E-state index contributed by atoms with van der Waals surface area (Å²) in [5.74, 6) is -12.3. The van der Waals surface area contributed by atoms with Crippen LogP contribution in [-0.4, -0.2) is 30.8 Å². The molecular weight excluding hydrogens is 439 g/mol. The number of nitrogens with zero attached hydrogens (tertiary/aromatic N) is 2. The Morgan fingerprint density at radius 3 is 2.12 bits per heavy atom. The third kappa shape index (κ3) is 4.32. The smallest absolute Gasteiger partial charge is 0.344 e. The number of ether oxygens (including phenoxy) is 2. The molecule has 0 aliphatic carbocycles. The van der Waals surface area contributed by atoms with Gasteiger partial charge in [-0.2, -0.15) is 10.1 Å². The number of hydrazone groups is 1. The molecule has 168 valence electrons. The van der Waals surface area contributed by atoms with E-state index in [0.717, 1.165) is 0 Å². The maximum absolute atomic E-state index is 14.1. The lowest BCUT2D eigenvalue weighted by Crippen LogP contribution is -2.25. The predicted molar refractivity (Wildman–Crippen MR) is 103 cm³/mol. The zero-order valence-electron chi connectivity index (χ0n) is 16.7. The molecule has 1 amide bonds. The molecule has 0 spiro atoms. The van der Waals surface area contributed by atoms with Crippen molar-refractivity contribution in [2.24, 2.45) is 5.10 Å². The van der Waals surface area contributed by atoms with Gasteiger partial charge in [-0.1, -0.05) is 12.1 Å². The molecule has 0 fully saturated rings. The second-order valence-electron chi connectivity index (χ2n) is 6.44. The summed E-state index contributed by atoms with van der Waals surface area (Å²) in [5.41, 5.74) is -1.13. The van der Waals surface area contributed by atoms with Crippen LogP contribution in [-0.2, 0) is 14.3 Å². The second-order valence-corrected chi connectivity index (χ2v) is 6.44. The Kier molecular flexibility index (Phi) is 6.56. The summed E-state index contributed by atoms with van der Waals surface area (Å²) in [5, 5.41) is 3.79. The average Bonchev–Trinajstić information content (AvgIpc) is 3.04. The second kappa shape index (κ2) is 9.16. The number of amides is 1.